The number of ether oxygens (including phenoxy) is 2. The highest BCUT2D eigenvalue weighted by Gasteiger charge is 2.27. The Morgan fingerprint density at radius 3 is 1.22 bits per heavy atom. The van der Waals surface area contributed by atoms with E-state index in [1.807, 2.05) is 48.5 Å². The lowest BCUT2D eigenvalue weighted by Gasteiger charge is -2.29. The molecule has 6 aromatic carbocycles. The highest BCUT2D eigenvalue weighted by Crippen LogP contribution is 2.47. The van der Waals surface area contributed by atoms with Gasteiger partial charge in [0.2, 0.25) is 0 Å². The summed E-state index contributed by atoms with van der Waals surface area (Å²) in [7, 11) is 0. The van der Waals surface area contributed by atoms with Gasteiger partial charge in [-0.1, -0.05) is 150 Å². The van der Waals surface area contributed by atoms with Crippen LogP contribution >= 0.6 is 0 Å². The van der Waals surface area contributed by atoms with E-state index in [1.54, 1.807) is 0 Å². The summed E-state index contributed by atoms with van der Waals surface area (Å²) in [6.45, 7) is 34.4. The number of phenols is 2. The predicted molar refractivity (Wildman–Crippen MR) is 272 cm³/mol. The molecule has 0 spiro atoms. The normalized spacial score (nSPS) is 12.4. The van der Waals surface area contributed by atoms with Crippen LogP contribution < -0.4 is 9.47 Å². The number of aryl methyl sites for hydroxylation is 2. The molecule has 0 saturated heterocycles. The van der Waals surface area contributed by atoms with Gasteiger partial charge in [0.05, 0.1) is 13.2 Å². The van der Waals surface area contributed by atoms with Crippen molar-refractivity contribution in [2.24, 2.45) is 0 Å². The zero-order chi connectivity index (χ0) is 46.9. The van der Waals surface area contributed by atoms with Crippen molar-refractivity contribution in [3.8, 4) is 67.5 Å². The van der Waals surface area contributed by atoms with Gasteiger partial charge >= 0.3 is 0 Å². The summed E-state index contributed by atoms with van der Waals surface area (Å²) >= 11 is 0. The first-order valence-electron chi connectivity index (χ1n) is 23.3. The third-order valence-corrected chi connectivity index (χ3v) is 12.5. The molecular weight excluding hydrogens is 785 g/mol. The number of hydrogen-bond acceptors (Lipinski definition) is 4. The highest BCUT2D eigenvalue weighted by molar-refractivity contribution is 5.87. The van der Waals surface area contributed by atoms with Crippen molar-refractivity contribution < 1.29 is 19.7 Å². The molecule has 0 unspecified atom stereocenters. The van der Waals surface area contributed by atoms with Crippen LogP contribution in [0.25, 0.3) is 44.5 Å². The van der Waals surface area contributed by atoms with Gasteiger partial charge in [-0.15, -0.1) is 0 Å². The Balaban J connectivity index is 1.16. The molecule has 0 heterocycles. The van der Waals surface area contributed by atoms with E-state index in [0.717, 1.165) is 86.4 Å². The van der Waals surface area contributed by atoms with E-state index in [1.165, 1.54) is 27.8 Å². The first-order chi connectivity index (χ1) is 29.8. The van der Waals surface area contributed by atoms with Gasteiger partial charge in [0, 0.05) is 33.4 Å². The summed E-state index contributed by atoms with van der Waals surface area (Å²) in [5, 5.41) is 24.1. The lowest BCUT2D eigenvalue weighted by Crippen LogP contribution is -2.18. The van der Waals surface area contributed by atoms with E-state index >= 15 is 0 Å². The van der Waals surface area contributed by atoms with E-state index in [0.29, 0.717) is 13.2 Å². The Bertz CT molecular complexity index is 2580. The van der Waals surface area contributed by atoms with E-state index < -0.39 is 0 Å². The van der Waals surface area contributed by atoms with Gasteiger partial charge in [0.25, 0.3) is 0 Å². The highest BCUT2D eigenvalue weighted by atomic mass is 16.5. The monoisotopic (exact) mass is 859 g/mol. The van der Waals surface area contributed by atoms with Gasteiger partial charge in [-0.2, -0.15) is 0 Å². The summed E-state index contributed by atoms with van der Waals surface area (Å²) in [4.78, 5) is 0. The second kappa shape index (κ2) is 18.6. The molecule has 0 amide bonds. The second-order valence-corrected chi connectivity index (χ2v) is 22.2. The molecule has 0 bridgehead atoms. The van der Waals surface area contributed by atoms with Gasteiger partial charge in [0.15, 0.2) is 0 Å². The largest absolute Gasteiger partial charge is 0.507 e. The maximum absolute atomic E-state index is 12.1. The average molecular weight is 859 g/mol. The van der Waals surface area contributed by atoms with Crippen molar-refractivity contribution in [2.45, 2.75) is 145 Å². The molecule has 0 aromatic heterocycles. The van der Waals surface area contributed by atoms with E-state index in [9.17, 15) is 10.2 Å². The van der Waals surface area contributed by atoms with Crippen LogP contribution in [0.1, 0.15) is 141 Å². The zero-order valence-electron chi connectivity index (χ0n) is 41.6. The summed E-state index contributed by atoms with van der Waals surface area (Å²) in [6.07, 6.45) is 2.62. The Hall–Kier alpha value is -5.48. The SMILES string of the molecule is Cc1cc(-c2cc(C(C)(C)C)cc(C(C)(C)C)c2)c(O)c(-c2ccccc2OCCCCCOc2ccccc2-c2cc(C)cc(-c3cc(C(C)(C)C)cc(C(C)(C)C)c3C)c2O)c1. The number of unbranched alkanes of at least 4 members (excludes halogenated alkanes) is 2. The summed E-state index contributed by atoms with van der Waals surface area (Å²) in [6, 6.07) is 35.8. The number of para-hydroxylation sites is 2. The fourth-order valence-corrected chi connectivity index (χ4v) is 8.62. The predicted octanol–water partition coefficient (Wildman–Crippen LogP) is 16.5. The molecule has 338 valence electrons. The Kier molecular flexibility index (Phi) is 13.9. The number of benzene rings is 6. The number of hydrogen-bond donors (Lipinski definition) is 2. The number of phenolic OH excluding ortho intramolecular Hbond substituents is 2. The Morgan fingerprint density at radius 2 is 0.781 bits per heavy atom. The molecule has 6 aromatic rings. The smallest absolute Gasteiger partial charge is 0.131 e. The molecule has 0 saturated carbocycles. The fourth-order valence-electron chi connectivity index (χ4n) is 8.62. The quantitative estimate of drug-likeness (QED) is 0.120. The van der Waals surface area contributed by atoms with Gasteiger partial charge in [-0.3, -0.25) is 0 Å². The lowest BCUT2D eigenvalue weighted by molar-refractivity contribution is 0.280. The molecule has 0 aliphatic carbocycles. The molecule has 64 heavy (non-hydrogen) atoms. The third-order valence-electron chi connectivity index (χ3n) is 12.5. The van der Waals surface area contributed by atoms with Crippen LogP contribution in [0.2, 0.25) is 0 Å². The van der Waals surface area contributed by atoms with Crippen molar-refractivity contribution in [2.75, 3.05) is 13.2 Å². The summed E-state index contributed by atoms with van der Waals surface area (Å²) in [5.74, 6) is 2.05. The van der Waals surface area contributed by atoms with Crippen LogP contribution in [0.4, 0.5) is 0 Å². The van der Waals surface area contributed by atoms with Gasteiger partial charge in [0.1, 0.15) is 23.0 Å². The molecule has 4 nitrogen and oxygen atoms in total. The van der Waals surface area contributed by atoms with Crippen molar-refractivity contribution in [1.82, 2.24) is 0 Å². The standard InChI is InChI=1S/C60H74O4/c1-38-29-48(41-33-42(57(4,5)6)35-43(34-41)58(7,8)9)55(61)49(30-38)45-23-17-19-25-53(45)63-27-21-16-22-28-64-54-26-20-18-24-46(54)50-31-39(2)32-51(56(50)62)47-36-44(59(10,11)12)37-52(40(47)3)60(13,14)15/h17-20,23-26,29-37,61-62H,16,21-22,27-28H2,1-15H3. The minimum absolute atomic E-state index is 0.0400. The first-order valence-corrected chi connectivity index (χ1v) is 23.3. The van der Waals surface area contributed by atoms with Crippen molar-refractivity contribution in [1.29, 1.82) is 0 Å². The average Bonchev–Trinajstić information content (AvgIpc) is 3.20. The third kappa shape index (κ3) is 10.9. The van der Waals surface area contributed by atoms with Crippen molar-refractivity contribution in [3.63, 3.8) is 0 Å². The number of aromatic hydroxyl groups is 2. The Labute approximate surface area is 385 Å². The van der Waals surface area contributed by atoms with Crippen molar-refractivity contribution >= 4 is 0 Å². The maximum Gasteiger partial charge on any atom is 0.131 e. The second-order valence-electron chi connectivity index (χ2n) is 22.2. The van der Waals surface area contributed by atoms with Crippen LogP contribution in [0, 0.1) is 20.8 Å². The molecular formula is C60H74O4. The van der Waals surface area contributed by atoms with Crippen LogP contribution in [0.5, 0.6) is 23.0 Å². The topological polar surface area (TPSA) is 58.9 Å². The summed E-state index contributed by atoms with van der Waals surface area (Å²) < 4.78 is 12.9. The molecule has 0 atom stereocenters. The Morgan fingerprint density at radius 1 is 0.391 bits per heavy atom. The van der Waals surface area contributed by atoms with E-state index in [2.05, 4.69) is 158 Å². The van der Waals surface area contributed by atoms with Crippen LogP contribution in [0.15, 0.2) is 103 Å². The van der Waals surface area contributed by atoms with Crippen LogP contribution in [-0.2, 0) is 21.7 Å². The molecule has 4 heteroatoms. The van der Waals surface area contributed by atoms with Gasteiger partial charge in [-0.25, -0.2) is 0 Å². The van der Waals surface area contributed by atoms with Crippen LogP contribution in [-0.4, -0.2) is 23.4 Å². The molecule has 0 radical (unpaired) electrons. The minimum atomic E-state index is -0.0492. The molecule has 2 N–H and O–H groups in total. The molecule has 0 aliphatic heterocycles. The zero-order valence-corrected chi connectivity index (χ0v) is 41.6. The van der Waals surface area contributed by atoms with E-state index in [-0.39, 0.29) is 33.2 Å². The molecule has 0 fully saturated rings. The molecule has 0 aliphatic rings. The molecule has 6 rings (SSSR count). The fraction of sp³-hybridized carbons (Fsp3) is 0.400. The number of rotatable bonds is 12. The summed E-state index contributed by atoms with van der Waals surface area (Å²) in [5.41, 5.74) is 15.3. The lowest BCUT2D eigenvalue weighted by atomic mass is 9.76. The van der Waals surface area contributed by atoms with Gasteiger partial charge < -0.3 is 19.7 Å². The maximum atomic E-state index is 12.1. The van der Waals surface area contributed by atoms with Crippen LogP contribution in [0.3, 0.4) is 0 Å². The first kappa shape index (κ1) is 48.0. The van der Waals surface area contributed by atoms with Crippen molar-refractivity contribution in [3.05, 3.63) is 142 Å². The minimum Gasteiger partial charge on any atom is -0.507 e. The van der Waals surface area contributed by atoms with Gasteiger partial charge in [-0.05, 0) is 148 Å². The van der Waals surface area contributed by atoms with E-state index in [4.69, 9.17) is 9.47 Å².